The number of nitrogens with one attached hydrogen (secondary N) is 1. The summed E-state index contributed by atoms with van der Waals surface area (Å²) >= 11 is 0. The number of rotatable bonds is 3. The maximum Gasteiger partial charge on any atom is 0.223 e. The van der Waals surface area contributed by atoms with E-state index in [2.05, 4.69) is 17.5 Å². The van der Waals surface area contributed by atoms with E-state index in [1.165, 1.54) is 19.3 Å². The van der Waals surface area contributed by atoms with Gasteiger partial charge in [-0.1, -0.05) is 18.6 Å². The smallest absolute Gasteiger partial charge is 0.223 e. The third-order valence-electron chi connectivity index (χ3n) is 4.91. The van der Waals surface area contributed by atoms with Crippen LogP contribution >= 0.6 is 0 Å². The molecular weight excluding hydrogens is 212 g/mol. The molecule has 2 fully saturated rings. The van der Waals surface area contributed by atoms with Crippen LogP contribution in [0.3, 0.4) is 0 Å². The van der Waals surface area contributed by atoms with Gasteiger partial charge in [0.25, 0.3) is 0 Å². The second kappa shape index (κ2) is 4.45. The van der Waals surface area contributed by atoms with Crippen molar-refractivity contribution < 1.29 is 4.79 Å². The molecule has 3 aliphatic rings. The Morgan fingerprint density at radius 3 is 2.82 bits per heavy atom. The maximum atomic E-state index is 12.3. The molecule has 0 saturated heterocycles. The highest BCUT2D eigenvalue weighted by Crippen LogP contribution is 2.43. The van der Waals surface area contributed by atoms with E-state index in [1.54, 1.807) is 0 Å². The molecule has 0 heterocycles. The lowest BCUT2D eigenvalue weighted by molar-refractivity contribution is -0.126. The Morgan fingerprint density at radius 1 is 1.29 bits per heavy atom. The van der Waals surface area contributed by atoms with Crippen molar-refractivity contribution in [3.05, 3.63) is 12.2 Å². The van der Waals surface area contributed by atoms with Crippen LogP contribution in [0, 0.1) is 23.7 Å². The zero-order valence-electron chi connectivity index (χ0n) is 10.3. The lowest BCUT2D eigenvalue weighted by atomic mass is 9.92. The van der Waals surface area contributed by atoms with Crippen molar-refractivity contribution in [2.45, 2.75) is 38.1 Å². The SMILES string of the molecule is NCC1CCCC1NC(=O)C1CC2C=CC1C2. The number of fused-ring (bicyclic) bond motifs is 2. The highest BCUT2D eigenvalue weighted by Gasteiger charge is 2.41. The monoisotopic (exact) mass is 234 g/mol. The van der Waals surface area contributed by atoms with Crippen LogP contribution in [-0.2, 0) is 4.79 Å². The predicted molar refractivity (Wildman–Crippen MR) is 67.2 cm³/mol. The third-order valence-corrected chi connectivity index (χ3v) is 4.91. The molecule has 17 heavy (non-hydrogen) atoms. The molecule has 2 saturated carbocycles. The molecule has 94 valence electrons. The van der Waals surface area contributed by atoms with Gasteiger partial charge < -0.3 is 11.1 Å². The molecule has 0 aliphatic heterocycles. The summed E-state index contributed by atoms with van der Waals surface area (Å²) in [5.41, 5.74) is 5.75. The van der Waals surface area contributed by atoms with E-state index in [-0.39, 0.29) is 11.8 Å². The summed E-state index contributed by atoms with van der Waals surface area (Å²) in [7, 11) is 0. The van der Waals surface area contributed by atoms with Gasteiger partial charge in [-0.3, -0.25) is 4.79 Å². The van der Waals surface area contributed by atoms with Gasteiger partial charge in [0.15, 0.2) is 0 Å². The average molecular weight is 234 g/mol. The van der Waals surface area contributed by atoms with Crippen molar-refractivity contribution in [3.8, 4) is 0 Å². The Bertz CT molecular complexity index is 339. The molecule has 0 aromatic rings. The summed E-state index contributed by atoms with van der Waals surface area (Å²) in [6.07, 6.45) is 10.3. The van der Waals surface area contributed by atoms with Gasteiger partial charge in [0.2, 0.25) is 5.91 Å². The molecule has 3 nitrogen and oxygen atoms in total. The van der Waals surface area contributed by atoms with Crippen molar-refractivity contribution in [3.63, 3.8) is 0 Å². The van der Waals surface area contributed by atoms with E-state index in [0.29, 0.717) is 30.3 Å². The van der Waals surface area contributed by atoms with E-state index in [0.717, 1.165) is 12.8 Å². The van der Waals surface area contributed by atoms with Crippen molar-refractivity contribution in [2.75, 3.05) is 6.54 Å². The van der Waals surface area contributed by atoms with Crippen molar-refractivity contribution in [1.29, 1.82) is 0 Å². The molecule has 5 atom stereocenters. The third kappa shape index (κ3) is 2.01. The zero-order valence-corrected chi connectivity index (χ0v) is 10.3. The maximum absolute atomic E-state index is 12.3. The minimum Gasteiger partial charge on any atom is -0.353 e. The van der Waals surface area contributed by atoms with Crippen LogP contribution < -0.4 is 11.1 Å². The minimum absolute atomic E-state index is 0.240. The molecule has 0 aromatic heterocycles. The Hall–Kier alpha value is -0.830. The van der Waals surface area contributed by atoms with Crippen LogP contribution in [0.15, 0.2) is 12.2 Å². The highest BCUT2D eigenvalue weighted by molar-refractivity contribution is 5.80. The van der Waals surface area contributed by atoms with Gasteiger partial charge in [0.05, 0.1) is 0 Å². The van der Waals surface area contributed by atoms with Crippen molar-refractivity contribution in [2.24, 2.45) is 29.4 Å². The van der Waals surface area contributed by atoms with Crippen molar-refractivity contribution in [1.82, 2.24) is 5.32 Å². The summed E-state index contributed by atoms with van der Waals surface area (Å²) in [6, 6.07) is 0.343. The molecule has 1 amide bonds. The standard InChI is InChI=1S/C14H22N2O/c15-8-11-2-1-3-13(11)16-14(17)12-7-9-4-5-10(12)6-9/h4-5,9-13H,1-3,6-8,15H2,(H,16,17). The van der Waals surface area contributed by atoms with E-state index in [4.69, 9.17) is 5.73 Å². The molecule has 0 aromatic carbocycles. The molecule has 5 unspecified atom stereocenters. The van der Waals surface area contributed by atoms with Crippen LogP contribution in [0.25, 0.3) is 0 Å². The number of nitrogens with two attached hydrogens (primary N) is 1. The van der Waals surface area contributed by atoms with Crippen LogP contribution in [0.2, 0.25) is 0 Å². The molecule has 3 N–H and O–H groups in total. The predicted octanol–water partition coefficient (Wildman–Crippen LogP) is 1.44. The zero-order chi connectivity index (χ0) is 11.8. The fraction of sp³-hybridized carbons (Fsp3) is 0.786. The van der Waals surface area contributed by atoms with E-state index in [1.807, 2.05) is 0 Å². The number of allylic oxidation sites excluding steroid dienone is 2. The Balaban J connectivity index is 1.58. The summed E-state index contributed by atoms with van der Waals surface area (Å²) in [5.74, 6) is 2.21. The fourth-order valence-corrected chi connectivity index (χ4v) is 3.88. The van der Waals surface area contributed by atoms with Crippen molar-refractivity contribution >= 4 is 5.91 Å². The second-order valence-corrected chi connectivity index (χ2v) is 5.93. The van der Waals surface area contributed by atoms with Gasteiger partial charge in [-0.05, 0) is 50.0 Å². The summed E-state index contributed by atoms with van der Waals surface area (Å²) in [4.78, 5) is 12.3. The summed E-state index contributed by atoms with van der Waals surface area (Å²) < 4.78 is 0. The molecule has 0 radical (unpaired) electrons. The normalized spacial score (nSPS) is 43.2. The van der Waals surface area contributed by atoms with E-state index >= 15 is 0 Å². The van der Waals surface area contributed by atoms with Crippen LogP contribution in [0.4, 0.5) is 0 Å². The van der Waals surface area contributed by atoms with Gasteiger partial charge in [-0.15, -0.1) is 0 Å². The van der Waals surface area contributed by atoms with Gasteiger partial charge >= 0.3 is 0 Å². The molecule has 3 rings (SSSR count). The van der Waals surface area contributed by atoms with Crippen LogP contribution in [-0.4, -0.2) is 18.5 Å². The molecule has 3 heteroatoms. The Labute approximate surface area is 103 Å². The summed E-state index contributed by atoms with van der Waals surface area (Å²) in [6.45, 7) is 0.710. The Morgan fingerprint density at radius 2 is 2.18 bits per heavy atom. The number of amides is 1. The van der Waals surface area contributed by atoms with E-state index < -0.39 is 0 Å². The van der Waals surface area contributed by atoms with Crippen LogP contribution in [0.1, 0.15) is 32.1 Å². The molecule has 0 spiro atoms. The van der Waals surface area contributed by atoms with Gasteiger partial charge in [-0.2, -0.15) is 0 Å². The summed E-state index contributed by atoms with van der Waals surface area (Å²) in [5, 5.41) is 3.25. The minimum atomic E-state index is 0.240. The quantitative estimate of drug-likeness (QED) is 0.726. The van der Waals surface area contributed by atoms with Gasteiger partial charge in [0.1, 0.15) is 0 Å². The number of carbonyl (C=O) groups is 1. The Kier molecular flexibility index (Phi) is 2.95. The van der Waals surface area contributed by atoms with Crippen LogP contribution in [0.5, 0.6) is 0 Å². The second-order valence-electron chi connectivity index (χ2n) is 5.93. The first-order valence-electron chi connectivity index (χ1n) is 6.96. The fourth-order valence-electron chi connectivity index (χ4n) is 3.88. The topological polar surface area (TPSA) is 55.1 Å². The van der Waals surface area contributed by atoms with Gasteiger partial charge in [0, 0.05) is 12.0 Å². The lowest BCUT2D eigenvalue weighted by Crippen LogP contribution is -2.43. The lowest BCUT2D eigenvalue weighted by Gasteiger charge is -2.24. The number of carbonyl (C=O) groups excluding carboxylic acids is 1. The molecule has 2 bridgehead atoms. The molecular formula is C14H22N2O. The van der Waals surface area contributed by atoms with E-state index in [9.17, 15) is 4.79 Å². The number of hydrogen-bond acceptors (Lipinski definition) is 2. The first kappa shape index (κ1) is 11.3. The van der Waals surface area contributed by atoms with Gasteiger partial charge in [-0.25, -0.2) is 0 Å². The highest BCUT2D eigenvalue weighted by atomic mass is 16.2. The first-order valence-corrected chi connectivity index (χ1v) is 6.96. The molecule has 3 aliphatic carbocycles. The average Bonchev–Trinajstić information content (AvgIpc) is 3.03. The number of hydrogen-bond donors (Lipinski definition) is 2. The first-order chi connectivity index (χ1) is 8.28. The largest absolute Gasteiger partial charge is 0.353 e.